The number of aryl methyl sites for hydroxylation is 1. The van der Waals surface area contributed by atoms with Crippen molar-refractivity contribution in [2.24, 2.45) is 0 Å². The molecule has 3 rings (SSSR count). The van der Waals surface area contributed by atoms with Crippen molar-refractivity contribution in [2.45, 2.75) is 27.0 Å². The number of carboxylic acids is 1. The first-order valence-electron chi connectivity index (χ1n) is 9.78. The molecule has 3 aromatic rings. The Labute approximate surface area is 195 Å². The second-order valence-corrected chi connectivity index (χ2v) is 8.15. The van der Waals surface area contributed by atoms with Crippen LogP contribution in [0.4, 0.5) is 5.69 Å². The van der Waals surface area contributed by atoms with Crippen LogP contribution in [0.2, 0.25) is 5.02 Å². The summed E-state index contributed by atoms with van der Waals surface area (Å²) in [5, 5.41) is 12.7. The predicted molar refractivity (Wildman–Crippen MR) is 127 cm³/mol. The minimum atomic E-state index is -1.07. The number of carboxylic acid groups (broad SMARTS) is 1. The summed E-state index contributed by atoms with van der Waals surface area (Å²) in [6.45, 7) is 5.39. The zero-order valence-corrected chi connectivity index (χ0v) is 19.6. The highest BCUT2D eigenvalue weighted by Gasteiger charge is 2.13. The van der Waals surface area contributed by atoms with Crippen LogP contribution in [0, 0.1) is 6.92 Å². The molecule has 0 aromatic heterocycles. The molecule has 0 aliphatic carbocycles. The number of benzene rings is 3. The van der Waals surface area contributed by atoms with Crippen LogP contribution in [-0.2, 0) is 13.2 Å². The second-order valence-electron chi connectivity index (χ2n) is 6.89. The maximum absolute atomic E-state index is 11.3. The van der Waals surface area contributed by atoms with Gasteiger partial charge in [-0.2, -0.15) is 0 Å². The maximum atomic E-state index is 11.3. The molecular formula is C24H23BrClNO4. The van der Waals surface area contributed by atoms with Crippen molar-refractivity contribution in [1.29, 1.82) is 0 Å². The molecule has 3 aromatic carbocycles. The summed E-state index contributed by atoms with van der Waals surface area (Å²) in [4.78, 5) is 11.3. The fraction of sp³-hybridized carbons (Fsp3) is 0.208. The van der Waals surface area contributed by atoms with Crippen molar-refractivity contribution in [1.82, 2.24) is 0 Å². The molecule has 0 fully saturated rings. The average Bonchev–Trinajstić information content (AvgIpc) is 2.74. The van der Waals surface area contributed by atoms with E-state index in [0.29, 0.717) is 36.9 Å². The zero-order chi connectivity index (χ0) is 22.4. The highest BCUT2D eigenvalue weighted by molar-refractivity contribution is 9.10. The van der Waals surface area contributed by atoms with Crippen LogP contribution in [0.3, 0.4) is 0 Å². The first kappa shape index (κ1) is 23.0. The Kier molecular flexibility index (Phi) is 7.82. The molecule has 0 aliphatic heterocycles. The van der Waals surface area contributed by atoms with E-state index < -0.39 is 5.97 Å². The Morgan fingerprint density at radius 3 is 2.52 bits per heavy atom. The topological polar surface area (TPSA) is 67.8 Å². The molecule has 5 nitrogen and oxygen atoms in total. The molecule has 0 saturated carbocycles. The van der Waals surface area contributed by atoms with Crippen molar-refractivity contribution >= 4 is 39.2 Å². The van der Waals surface area contributed by atoms with Crippen LogP contribution in [0.15, 0.2) is 59.1 Å². The van der Waals surface area contributed by atoms with E-state index in [-0.39, 0.29) is 10.6 Å². The number of halogens is 2. The van der Waals surface area contributed by atoms with Gasteiger partial charge in [-0.15, -0.1) is 0 Å². The van der Waals surface area contributed by atoms with E-state index in [1.165, 1.54) is 11.6 Å². The van der Waals surface area contributed by atoms with Gasteiger partial charge in [0, 0.05) is 16.7 Å². The first-order chi connectivity index (χ1) is 14.9. The molecule has 0 amide bonds. The van der Waals surface area contributed by atoms with Crippen molar-refractivity contribution in [3.63, 3.8) is 0 Å². The van der Waals surface area contributed by atoms with Crippen molar-refractivity contribution in [2.75, 3.05) is 11.9 Å². The Balaban J connectivity index is 1.77. The normalized spacial score (nSPS) is 10.6. The zero-order valence-electron chi connectivity index (χ0n) is 17.2. The van der Waals surface area contributed by atoms with Crippen molar-refractivity contribution in [3.05, 3.63) is 86.3 Å². The van der Waals surface area contributed by atoms with E-state index in [0.717, 1.165) is 15.6 Å². The van der Waals surface area contributed by atoms with Crippen molar-refractivity contribution < 1.29 is 19.4 Å². The summed E-state index contributed by atoms with van der Waals surface area (Å²) in [5.74, 6) is 0.238. The molecule has 0 spiro atoms. The third kappa shape index (κ3) is 5.93. The molecule has 2 N–H and O–H groups in total. The van der Waals surface area contributed by atoms with Crippen LogP contribution in [0.1, 0.15) is 34.0 Å². The molecule has 0 aliphatic rings. The molecule has 7 heteroatoms. The molecule has 0 unspecified atom stereocenters. The third-order valence-electron chi connectivity index (χ3n) is 4.74. The predicted octanol–water partition coefficient (Wildman–Crippen LogP) is 6.70. The lowest BCUT2D eigenvalue weighted by Gasteiger charge is -2.16. The summed E-state index contributed by atoms with van der Waals surface area (Å²) < 4.78 is 12.7. The van der Waals surface area contributed by atoms with Gasteiger partial charge in [0.1, 0.15) is 6.61 Å². The largest absolute Gasteiger partial charge is 0.490 e. The monoisotopic (exact) mass is 503 g/mol. The standard InChI is InChI=1S/C24H23BrClNO4/c1-3-30-22-10-17(13-27-18-8-9-21(26)19(11-18)24(28)29)20(25)12-23(22)31-14-16-7-5-4-6-15(16)2/h4-12,27H,3,13-14H2,1-2H3,(H,28,29). The van der Waals surface area contributed by atoms with Gasteiger partial charge in [0.05, 0.1) is 17.2 Å². The number of carbonyl (C=O) groups is 1. The van der Waals surface area contributed by atoms with Gasteiger partial charge >= 0.3 is 5.97 Å². The smallest absolute Gasteiger partial charge is 0.337 e. The summed E-state index contributed by atoms with van der Waals surface area (Å²) in [6.07, 6.45) is 0. The first-order valence-corrected chi connectivity index (χ1v) is 11.0. The minimum absolute atomic E-state index is 0.0562. The summed E-state index contributed by atoms with van der Waals surface area (Å²) in [7, 11) is 0. The molecule has 0 bridgehead atoms. The summed E-state index contributed by atoms with van der Waals surface area (Å²) in [6, 6.07) is 16.7. The lowest BCUT2D eigenvalue weighted by atomic mass is 10.1. The van der Waals surface area contributed by atoms with Crippen LogP contribution in [0.25, 0.3) is 0 Å². The molecular weight excluding hydrogens is 482 g/mol. The number of hydrogen-bond donors (Lipinski definition) is 2. The van der Waals surface area contributed by atoms with E-state index in [4.69, 9.17) is 21.1 Å². The SMILES string of the molecule is CCOc1cc(CNc2ccc(Cl)c(C(=O)O)c2)c(Br)cc1OCc1ccccc1C. The molecule has 0 atom stereocenters. The van der Waals surface area contributed by atoms with E-state index in [2.05, 4.69) is 34.2 Å². The number of anilines is 1. The lowest BCUT2D eigenvalue weighted by molar-refractivity contribution is 0.0697. The molecule has 0 radical (unpaired) electrons. The van der Waals surface area contributed by atoms with Crippen LogP contribution < -0.4 is 14.8 Å². The number of nitrogens with one attached hydrogen (secondary N) is 1. The molecule has 162 valence electrons. The lowest BCUT2D eigenvalue weighted by Crippen LogP contribution is -2.05. The molecule has 0 heterocycles. The quantitative estimate of drug-likeness (QED) is 0.339. The van der Waals surface area contributed by atoms with Gasteiger partial charge in [-0.25, -0.2) is 4.79 Å². The van der Waals surface area contributed by atoms with E-state index in [1.54, 1.807) is 12.1 Å². The van der Waals surface area contributed by atoms with Gasteiger partial charge in [0.25, 0.3) is 0 Å². The highest BCUT2D eigenvalue weighted by Crippen LogP contribution is 2.35. The fourth-order valence-electron chi connectivity index (χ4n) is 3.02. The van der Waals surface area contributed by atoms with Crippen LogP contribution in [0.5, 0.6) is 11.5 Å². The van der Waals surface area contributed by atoms with Gasteiger partial charge in [-0.1, -0.05) is 51.8 Å². The van der Waals surface area contributed by atoms with Gasteiger partial charge in [0.15, 0.2) is 11.5 Å². The van der Waals surface area contributed by atoms with Crippen LogP contribution >= 0.6 is 27.5 Å². The highest BCUT2D eigenvalue weighted by atomic mass is 79.9. The van der Waals surface area contributed by atoms with Gasteiger partial charge in [-0.05, 0) is 60.9 Å². The van der Waals surface area contributed by atoms with Gasteiger partial charge in [-0.3, -0.25) is 0 Å². The van der Waals surface area contributed by atoms with Gasteiger partial charge in [0.2, 0.25) is 0 Å². The number of rotatable bonds is 9. The van der Waals surface area contributed by atoms with Gasteiger partial charge < -0.3 is 19.9 Å². The Morgan fingerprint density at radius 1 is 1.06 bits per heavy atom. The maximum Gasteiger partial charge on any atom is 0.337 e. The third-order valence-corrected chi connectivity index (χ3v) is 5.80. The van der Waals surface area contributed by atoms with Crippen molar-refractivity contribution in [3.8, 4) is 11.5 Å². The van der Waals surface area contributed by atoms with E-state index >= 15 is 0 Å². The van der Waals surface area contributed by atoms with Crippen LogP contribution in [-0.4, -0.2) is 17.7 Å². The average molecular weight is 505 g/mol. The van der Waals surface area contributed by atoms with E-state index in [9.17, 15) is 9.90 Å². The summed E-state index contributed by atoms with van der Waals surface area (Å²) >= 11 is 9.55. The van der Waals surface area contributed by atoms with E-state index in [1.807, 2.05) is 37.3 Å². The number of hydrogen-bond acceptors (Lipinski definition) is 4. The number of ether oxygens (including phenoxy) is 2. The Bertz CT molecular complexity index is 1090. The Hall–Kier alpha value is -2.70. The minimum Gasteiger partial charge on any atom is -0.490 e. The molecule has 0 saturated heterocycles. The molecule has 31 heavy (non-hydrogen) atoms. The number of aromatic carboxylic acids is 1. The second kappa shape index (κ2) is 10.6. The summed E-state index contributed by atoms with van der Waals surface area (Å²) in [5.41, 5.74) is 3.94. The fourth-order valence-corrected chi connectivity index (χ4v) is 3.68. The Morgan fingerprint density at radius 2 is 1.81 bits per heavy atom.